The lowest BCUT2D eigenvalue weighted by molar-refractivity contribution is 0.00146. The normalized spacial score (nSPS) is 43.7. The summed E-state index contributed by atoms with van der Waals surface area (Å²) in [5, 5.41) is 0. The van der Waals surface area contributed by atoms with Crippen molar-refractivity contribution in [2.24, 2.45) is 22.2 Å². The average Bonchev–Trinajstić information content (AvgIpc) is 2.04. The van der Waals surface area contributed by atoms with Crippen LogP contribution in [-0.4, -0.2) is 12.8 Å². The molecule has 2 bridgehead atoms. The van der Waals surface area contributed by atoms with Crippen molar-refractivity contribution < 1.29 is 0 Å². The van der Waals surface area contributed by atoms with E-state index in [9.17, 15) is 0 Å². The second kappa shape index (κ2) is 2.09. The van der Waals surface area contributed by atoms with Crippen molar-refractivity contribution in [3.05, 3.63) is 0 Å². The molecular formula is C10H17N. The SMILES string of the molecule is CN=C1CC[C@@H]2C[C@H]1C2(C)C. The third kappa shape index (κ3) is 0.800. The monoisotopic (exact) mass is 151 g/mol. The Morgan fingerprint density at radius 1 is 1.45 bits per heavy atom. The largest absolute Gasteiger partial charge is 0.297 e. The molecule has 0 spiro atoms. The van der Waals surface area contributed by atoms with Gasteiger partial charge in [0.15, 0.2) is 0 Å². The Hall–Kier alpha value is -0.330. The van der Waals surface area contributed by atoms with Gasteiger partial charge in [-0.15, -0.1) is 0 Å². The molecule has 0 aromatic rings. The lowest BCUT2D eigenvalue weighted by atomic mass is 9.48. The quantitative estimate of drug-likeness (QED) is 0.504. The van der Waals surface area contributed by atoms with E-state index in [0.29, 0.717) is 5.41 Å². The molecule has 0 aromatic heterocycles. The standard InChI is InChI=1S/C10H17N/c1-10(2)7-4-5-9(11-3)8(10)6-7/h7-8H,4-6H2,1-3H3/t7-,8-/m1/s1. The van der Waals surface area contributed by atoms with E-state index in [1.165, 1.54) is 25.0 Å². The van der Waals surface area contributed by atoms with E-state index in [-0.39, 0.29) is 0 Å². The molecule has 11 heavy (non-hydrogen) atoms. The predicted octanol–water partition coefficient (Wildman–Crippen LogP) is 2.51. The van der Waals surface area contributed by atoms with Crippen LogP contribution >= 0.6 is 0 Å². The summed E-state index contributed by atoms with van der Waals surface area (Å²) in [4.78, 5) is 4.38. The zero-order chi connectivity index (χ0) is 8.06. The van der Waals surface area contributed by atoms with Crippen LogP contribution in [0, 0.1) is 17.3 Å². The first kappa shape index (κ1) is 7.33. The Labute approximate surface area is 68.9 Å². The second-order valence-electron chi connectivity index (χ2n) is 4.56. The van der Waals surface area contributed by atoms with Crippen molar-refractivity contribution >= 4 is 5.71 Å². The van der Waals surface area contributed by atoms with Gasteiger partial charge in [-0.05, 0) is 30.6 Å². The van der Waals surface area contributed by atoms with Crippen LogP contribution in [0.2, 0.25) is 0 Å². The van der Waals surface area contributed by atoms with Gasteiger partial charge in [0.05, 0.1) is 0 Å². The molecule has 0 unspecified atom stereocenters. The van der Waals surface area contributed by atoms with Gasteiger partial charge in [-0.25, -0.2) is 0 Å². The fourth-order valence-electron chi connectivity index (χ4n) is 2.84. The maximum atomic E-state index is 4.38. The van der Waals surface area contributed by atoms with Crippen LogP contribution in [0.15, 0.2) is 4.99 Å². The summed E-state index contributed by atoms with van der Waals surface area (Å²) in [5.41, 5.74) is 2.06. The molecule has 1 nitrogen and oxygen atoms in total. The maximum Gasteiger partial charge on any atom is 0.0276 e. The van der Waals surface area contributed by atoms with Gasteiger partial charge in [0.1, 0.15) is 0 Å². The van der Waals surface area contributed by atoms with Gasteiger partial charge in [-0.1, -0.05) is 13.8 Å². The molecule has 0 saturated heterocycles. The van der Waals surface area contributed by atoms with Crippen LogP contribution in [0.25, 0.3) is 0 Å². The highest BCUT2D eigenvalue weighted by molar-refractivity contribution is 5.89. The van der Waals surface area contributed by atoms with Crippen LogP contribution in [-0.2, 0) is 0 Å². The molecule has 3 saturated carbocycles. The Morgan fingerprint density at radius 2 is 2.18 bits per heavy atom. The summed E-state index contributed by atoms with van der Waals surface area (Å²) in [6, 6.07) is 0. The van der Waals surface area contributed by atoms with E-state index in [1.807, 2.05) is 7.05 Å². The van der Waals surface area contributed by atoms with Gasteiger partial charge in [-0.2, -0.15) is 0 Å². The third-order valence-corrected chi connectivity index (χ3v) is 3.91. The van der Waals surface area contributed by atoms with Gasteiger partial charge < -0.3 is 0 Å². The number of hydrogen-bond donors (Lipinski definition) is 0. The van der Waals surface area contributed by atoms with Crippen molar-refractivity contribution in [2.75, 3.05) is 7.05 Å². The fraction of sp³-hybridized carbons (Fsp3) is 0.900. The van der Waals surface area contributed by atoms with E-state index >= 15 is 0 Å². The van der Waals surface area contributed by atoms with Crippen molar-refractivity contribution in [3.8, 4) is 0 Å². The van der Waals surface area contributed by atoms with Crippen LogP contribution in [0.1, 0.15) is 33.1 Å². The zero-order valence-corrected chi connectivity index (χ0v) is 7.72. The maximum absolute atomic E-state index is 4.38. The van der Waals surface area contributed by atoms with Crippen LogP contribution < -0.4 is 0 Å². The summed E-state index contributed by atoms with van der Waals surface area (Å²) >= 11 is 0. The number of fused-ring (bicyclic) bond motifs is 2. The van der Waals surface area contributed by atoms with Crippen LogP contribution in [0.3, 0.4) is 0 Å². The van der Waals surface area contributed by atoms with Gasteiger partial charge in [0, 0.05) is 18.7 Å². The summed E-state index contributed by atoms with van der Waals surface area (Å²) in [6.45, 7) is 4.80. The molecule has 1 heteroatoms. The topological polar surface area (TPSA) is 12.4 Å². The van der Waals surface area contributed by atoms with E-state index in [1.54, 1.807) is 0 Å². The van der Waals surface area contributed by atoms with Gasteiger partial charge in [-0.3, -0.25) is 4.99 Å². The lowest BCUT2D eigenvalue weighted by Gasteiger charge is -2.57. The molecule has 3 aliphatic carbocycles. The second-order valence-corrected chi connectivity index (χ2v) is 4.56. The Kier molecular flexibility index (Phi) is 1.39. The van der Waals surface area contributed by atoms with E-state index in [4.69, 9.17) is 0 Å². The minimum atomic E-state index is 0.576. The third-order valence-electron chi connectivity index (χ3n) is 3.91. The fourth-order valence-corrected chi connectivity index (χ4v) is 2.84. The van der Waals surface area contributed by atoms with Crippen molar-refractivity contribution in [3.63, 3.8) is 0 Å². The molecule has 0 heterocycles. The molecule has 0 N–H and O–H groups in total. The van der Waals surface area contributed by atoms with Crippen LogP contribution in [0.4, 0.5) is 0 Å². The average molecular weight is 151 g/mol. The molecule has 3 rings (SSSR count). The molecule has 0 aromatic carbocycles. The molecule has 2 atom stereocenters. The van der Waals surface area contributed by atoms with Crippen molar-refractivity contribution in [1.29, 1.82) is 0 Å². The minimum absolute atomic E-state index is 0.576. The summed E-state index contributed by atoms with van der Waals surface area (Å²) < 4.78 is 0. The van der Waals surface area contributed by atoms with Gasteiger partial charge in [0.25, 0.3) is 0 Å². The molecule has 0 radical (unpaired) electrons. The van der Waals surface area contributed by atoms with E-state index in [0.717, 1.165) is 11.8 Å². The number of rotatable bonds is 0. The highest BCUT2D eigenvalue weighted by atomic mass is 14.7. The minimum Gasteiger partial charge on any atom is -0.297 e. The molecular weight excluding hydrogens is 134 g/mol. The molecule has 62 valence electrons. The highest BCUT2D eigenvalue weighted by Crippen LogP contribution is 2.57. The van der Waals surface area contributed by atoms with E-state index < -0.39 is 0 Å². The summed E-state index contributed by atoms with van der Waals surface area (Å²) in [5.74, 6) is 1.82. The van der Waals surface area contributed by atoms with E-state index in [2.05, 4.69) is 18.8 Å². The van der Waals surface area contributed by atoms with Crippen molar-refractivity contribution in [2.45, 2.75) is 33.1 Å². The predicted molar refractivity (Wildman–Crippen MR) is 48.0 cm³/mol. The Bertz CT molecular complexity index is 201. The Balaban J connectivity index is 2.23. The first-order valence-corrected chi connectivity index (χ1v) is 4.62. The molecule has 0 amide bonds. The van der Waals surface area contributed by atoms with Gasteiger partial charge in [0.2, 0.25) is 0 Å². The molecule has 0 aliphatic heterocycles. The number of aliphatic imine (C=N–C) groups is 1. The first-order valence-electron chi connectivity index (χ1n) is 4.62. The zero-order valence-electron chi connectivity index (χ0n) is 7.72. The van der Waals surface area contributed by atoms with Crippen LogP contribution in [0.5, 0.6) is 0 Å². The highest BCUT2D eigenvalue weighted by Gasteiger charge is 2.52. The Morgan fingerprint density at radius 3 is 2.55 bits per heavy atom. The molecule has 3 fully saturated rings. The molecule has 3 aliphatic rings. The lowest BCUT2D eigenvalue weighted by Crippen LogP contribution is -2.52. The number of hydrogen-bond acceptors (Lipinski definition) is 1. The summed E-state index contributed by atoms with van der Waals surface area (Å²) in [7, 11) is 1.95. The first-order chi connectivity index (χ1) is 5.16. The number of nitrogens with zero attached hydrogens (tertiary/aromatic N) is 1. The van der Waals surface area contributed by atoms with Crippen molar-refractivity contribution in [1.82, 2.24) is 0 Å². The summed E-state index contributed by atoms with van der Waals surface area (Å²) in [6.07, 6.45) is 4.07. The smallest absolute Gasteiger partial charge is 0.0276 e. The van der Waals surface area contributed by atoms with Gasteiger partial charge >= 0.3 is 0 Å².